The SMILES string of the molecule is CCC/C=C\C=C(/N)CCc1ccccc1N. The highest BCUT2D eigenvalue weighted by Gasteiger charge is 1.98. The number of unbranched alkanes of at least 4 members (excludes halogenated alkanes) is 1. The molecule has 0 radical (unpaired) electrons. The van der Waals surface area contributed by atoms with Crippen LogP contribution in [-0.2, 0) is 6.42 Å². The lowest BCUT2D eigenvalue weighted by atomic mass is 10.1. The first-order chi connectivity index (χ1) is 8.24. The first kappa shape index (κ1) is 13.4. The van der Waals surface area contributed by atoms with Gasteiger partial charge >= 0.3 is 0 Å². The third-order valence-electron chi connectivity index (χ3n) is 2.64. The smallest absolute Gasteiger partial charge is 0.0346 e. The summed E-state index contributed by atoms with van der Waals surface area (Å²) in [6, 6.07) is 7.93. The molecule has 0 unspecified atom stereocenters. The molecule has 0 fully saturated rings. The first-order valence-electron chi connectivity index (χ1n) is 6.18. The number of nitrogens with two attached hydrogens (primary N) is 2. The fourth-order valence-corrected chi connectivity index (χ4v) is 1.58. The van der Waals surface area contributed by atoms with Gasteiger partial charge in [0, 0.05) is 11.4 Å². The van der Waals surface area contributed by atoms with Gasteiger partial charge in [-0.3, -0.25) is 0 Å². The van der Waals surface area contributed by atoms with Crippen LogP contribution < -0.4 is 11.5 Å². The van der Waals surface area contributed by atoms with Crippen molar-refractivity contribution in [2.24, 2.45) is 5.73 Å². The Morgan fingerprint density at radius 2 is 2.06 bits per heavy atom. The zero-order valence-electron chi connectivity index (χ0n) is 10.5. The summed E-state index contributed by atoms with van der Waals surface area (Å²) < 4.78 is 0. The molecule has 0 bridgehead atoms. The zero-order chi connectivity index (χ0) is 12.5. The van der Waals surface area contributed by atoms with Crippen molar-refractivity contribution >= 4 is 5.69 Å². The quantitative estimate of drug-likeness (QED) is 0.581. The molecule has 1 rings (SSSR count). The highest BCUT2D eigenvalue weighted by molar-refractivity contribution is 5.46. The zero-order valence-corrected chi connectivity index (χ0v) is 10.5. The molecule has 92 valence electrons. The molecule has 0 aliphatic heterocycles. The summed E-state index contributed by atoms with van der Waals surface area (Å²) in [7, 11) is 0. The van der Waals surface area contributed by atoms with Crippen LogP contribution in [0.15, 0.2) is 48.2 Å². The van der Waals surface area contributed by atoms with E-state index in [1.165, 1.54) is 12.0 Å². The maximum Gasteiger partial charge on any atom is 0.0346 e. The molecule has 0 saturated carbocycles. The molecule has 4 N–H and O–H groups in total. The van der Waals surface area contributed by atoms with Gasteiger partial charge in [-0.1, -0.05) is 43.7 Å². The minimum atomic E-state index is 0.849. The summed E-state index contributed by atoms with van der Waals surface area (Å²) in [6.07, 6.45) is 10.2. The van der Waals surface area contributed by atoms with Crippen LogP contribution in [0.2, 0.25) is 0 Å². The summed E-state index contributed by atoms with van der Waals surface area (Å²) in [5.74, 6) is 0. The summed E-state index contributed by atoms with van der Waals surface area (Å²) in [5.41, 5.74) is 14.7. The van der Waals surface area contributed by atoms with Gasteiger partial charge in [0.1, 0.15) is 0 Å². The molecule has 1 aromatic rings. The van der Waals surface area contributed by atoms with E-state index in [-0.39, 0.29) is 0 Å². The van der Waals surface area contributed by atoms with Crippen molar-refractivity contribution in [3.8, 4) is 0 Å². The Balaban J connectivity index is 2.43. The van der Waals surface area contributed by atoms with Crippen molar-refractivity contribution in [3.05, 3.63) is 53.8 Å². The Labute approximate surface area is 104 Å². The molecule has 0 aromatic heterocycles. The predicted molar refractivity (Wildman–Crippen MR) is 75.5 cm³/mol. The van der Waals surface area contributed by atoms with E-state index in [4.69, 9.17) is 11.5 Å². The Morgan fingerprint density at radius 1 is 1.29 bits per heavy atom. The van der Waals surface area contributed by atoms with Crippen LogP contribution in [0.5, 0.6) is 0 Å². The van der Waals surface area contributed by atoms with Crippen molar-refractivity contribution in [2.45, 2.75) is 32.6 Å². The molecular formula is C15H22N2. The Morgan fingerprint density at radius 3 is 2.76 bits per heavy atom. The van der Waals surface area contributed by atoms with Gasteiger partial charge in [-0.05, 0) is 37.0 Å². The normalized spacial score (nSPS) is 12.2. The van der Waals surface area contributed by atoms with Crippen molar-refractivity contribution < 1.29 is 0 Å². The molecule has 0 heterocycles. The summed E-state index contributed by atoms with van der Waals surface area (Å²) in [4.78, 5) is 0. The van der Waals surface area contributed by atoms with Crippen molar-refractivity contribution in [3.63, 3.8) is 0 Å². The van der Waals surface area contributed by atoms with Gasteiger partial charge in [-0.2, -0.15) is 0 Å². The number of hydrogen-bond donors (Lipinski definition) is 2. The van der Waals surface area contributed by atoms with E-state index >= 15 is 0 Å². The van der Waals surface area contributed by atoms with Gasteiger partial charge in [-0.15, -0.1) is 0 Å². The maximum absolute atomic E-state index is 5.92. The van der Waals surface area contributed by atoms with E-state index in [0.717, 1.165) is 30.6 Å². The average Bonchev–Trinajstić information content (AvgIpc) is 2.34. The third kappa shape index (κ3) is 5.25. The van der Waals surface area contributed by atoms with E-state index in [1.54, 1.807) is 0 Å². The number of benzene rings is 1. The highest BCUT2D eigenvalue weighted by Crippen LogP contribution is 2.13. The van der Waals surface area contributed by atoms with Gasteiger partial charge in [0.05, 0.1) is 0 Å². The number of nitrogen functional groups attached to an aromatic ring is 1. The fourth-order valence-electron chi connectivity index (χ4n) is 1.58. The van der Waals surface area contributed by atoms with Crippen LogP contribution in [0.4, 0.5) is 5.69 Å². The third-order valence-corrected chi connectivity index (χ3v) is 2.64. The molecule has 1 aromatic carbocycles. The molecular weight excluding hydrogens is 208 g/mol. The van der Waals surface area contributed by atoms with E-state index in [0.29, 0.717) is 0 Å². The van der Waals surface area contributed by atoms with Crippen LogP contribution in [0.3, 0.4) is 0 Å². The first-order valence-corrected chi connectivity index (χ1v) is 6.18. The monoisotopic (exact) mass is 230 g/mol. The van der Waals surface area contributed by atoms with Gasteiger partial charge < -0.3 is 11.5 Å². The minimum absolute atomic E-state index is 0.849. The van der Waals surface area contributed by atoms with Gasteiger partial charge in [0.2, 0.25) is 0 Å². The molecule has 0 aliphatic rings. The number of aryl methyl sites for hydroxylation is 1. The van der Waals surface area contributed by atoms with Gasteiger partial charge in [-0.25, -0.2) is 0 Å². The Hall–Kier alpha value is -1.70. The number of para-hydroxylation sites is 1. The highest BCUT2D eigenvalue weighted by atomic mass is 14.6. The lowest BCUT2D eigenvalue weighted by Crippen LogP contribution is -2.00. The summed E-state index contributed by atoms with van der Waals surface area (Å²) in [6.45, 7) is 2.16. The van der Waals surface area contributed by atoms with Crippen LogP contribution >= 0.6 is 0 Å². The van der Waals surface area contributed by atoms with E-state index in [2.05, 4.69) is 19.1 Å². The number of hydrogen-bond acceptors (Lipinski definition) is 2. The maximum atomic E-state index is 5.92. The second kappa shape index (κ2) is 7.55. The largest absolute Gasteiger partial charge is 0.402 e. The fraction of sp³-hybridized carbons (Fsp3) is 0.333. The second-order valence-electron chi connectivity index (χ2n) is 4.16. The number of allylic oxidation sites excluding steroid dienone is 4. The molecule has 2 nitrogen and oxygen atoms in total. The van der Waals surface area contributed by atoms with E-state index in [9.17, 15) is 0 Å². The summed E-state index contributed by atoms with van der Waals surface area (Å²) in [5, 5.41) is 0. The lowest BCUT2D eigenvalue weighted by Gasteiger charge is -2.04. The summed E-state index contributed by atoms with van der Waals surface area (Å²) >= 11 is 0. The van der Waals surface area contributed by atoms with Crippen molar-refractivity contribution in [1.82, 2.24) is 0 Å². The minimum Gasteiger partial charge on any atom is -0.402 e. The molecule has 0 saturated heterocycles. The number of rotatable bonds is 6. The molecule has 0 atom stereocenters. The van der Waals surface area contributed by atoms with Crippen LogP contribution in [0, 0.1) is 0 Å². The molecule has 0 spiro atoms. The van der Waals surface area contributed by atoms with Gasteiger partial charge in [0.25, 0.3) is 0 Å². The Bertz CT molecular complexity index is 392. The van der Waals surface area contributed by atoms with E-state index in [1.807, 2.05) is 30.4 Å². The van der Waals surface area contributed by atoms with Crippen LogP contribution in [-0.4, -0.2) is 0 Å². The standard InChI is InChI=1S/C15H22N2/c1-2-3-4-5-9-14(16)12-11-13-8-6-7-10-15(13)17/h4-10H,2-3,11-12,16-17H2,1H3/b5-4-,14-9-. The molecule has 0 amide bonds. The van der Waals surface area contributed by atoms with Crippen LogP contribution in [0.25, 0.3) is 0 Å². The number of anilines is 1. The average molecular weight is 230 g/mol. The van der Waals surface area contributed by atoms with Crippen molar-refractivity contribution in [2.75, 3.05) is 5.73 Å². The van der Waals surface area contributed by atoms with Crippen LogP contribution in [0.1, 0.15) is 31.7 Å². The van der Waals surface area contributed by atoms with Crippen molar-refractivity contribution in [1.29, 1.82) is 0 Å². The molecule has 2 heteroatoms. The lowest BCUT2D eigenvalue weighted by molar-refractivity contribution is 0.927. The second-order valence-corrected chi connectivity index (χ2v) is 4.16. The van der Waals surface area contributed by atoms with Gasteiger partial charge in [0.15, 0.2) is 0 Å². The topological polar surface area (TPSA) is 52.0 Å². The molecule has 17 heavy (non-hydrogen) atoms. The molecule has 0 aliphatic carbocycles. The predicted octanol–water partition coefficient (Wildman–Crippen LogP) is 3.40. The van der Waals surface area contributed by atoms with E-state index < -0.39 is 0 Å². The Kier molecular flexibility index (Phi) is 5.94.